The Labute approximate surface area is 109 Å². The molecule has 1 N–H and O–H groups in total. The van der Waals surface area contributed by atoms with Crippen molar-refractivity contribution >= 4 is 17.3 Å². The lowest BCUT2D eigenvalue weighted by Crippen LogP contribution is -2.18. The molecule has 0 heterocycles. The number of rotatable bonds is 6. The van der Waals surface area contributed by atoms with Crippen LogP contribution in [0.2, 0.25) is 5.02 Å². The number of halogens is 1. The van der Waals surface area contributed by atoms with Crippen LogP contribution in [0, 0.1) is 0 Å². The first-order valence-electron chi connectivity index (χ1n) is 6.25. The van der Waals surface area contributed by atoms with Crippen LogP contribution in [0.3, 0.4) is 0 Å². The van der Waals surface area contributed by atoms with Gasteiger partial charge in [0.1, 0.15) is 0 Å². The Morgan fingerprint density at radius 2 is 2.06 bits per heavy atom. The molecule has 0 aliphatic heterocycles. The molecule has 0 aliphatic carbocycles. The Kier molecular flexibility index (Phi) is 5.79. The molecular formula is C14H22ClNO. The fourth-order valence-electron chi connectivity index (χ4n) is 1.82. The summed E-state index contributed by atoms with van der Waals surface area (Å²) < 4.78 is 0. The van der Waals surface area contributed by atoms with E-state index in [9.17, 15) is 5.11 Å². The Balaban J connectivity index is 2.69. The van der Waals surface area contributed by atoms with Crippen LogP contribution in [0.4, 0.5) is 5.69 Å². The lowest BCUT2D eigenvalue weighted by atomic mass is 10.1. The van der Waals surface area contributed by atoms with E-state index in [4.69, 9.17) is 11.6 Å². The Morgan fingerprint density at radius 3 is 2.59 bits per heavy atom. The van der Waals surface area contributed by atoms with Crippen molar-refractivity contribution in [2.45, 2.75) is 39.2 Å². The molecule has 17 heavy (non-hydrogen) atoms. The molecule has 1 rings (SSSR count). The molecule has 2 nitrogen and oxygen atoms in total. The second kappa shape index (κ2) is 6.87. The average molecular weight is 256 g/mol. The normalized spacial score (nSPS) is 12.5. The number of anilines is 1. The number of hydrogen-bond acceptors (Lipinski definition) is 2. The molecule has 0 fully saturated rings. The van der Waals surface area contributed by atoms with Crippen LogP contribution in [0.1, 0.15) is 44.8 Å². The van der Waals surface area contributed by atoms with Gasteiger partial charge in [0.2, 0.25) is 0 Å². The van der Waals surface area contributed by atoms with Crippen LogP contribution in [-0.4, -0.2) is 18.7 Å². The summed E-state index contributed by atoms with van der Waals surface area (Å²) in [5, 5.41) is 10.1. The molecule has 0 radical (unpaired) electrons. The van der Waals surface area contributed by atoms with Crippen molar-refractivity contribution in [3.8, 4) is 0 Å². The fraction of sp³-hybridized carbons (Fsp3) is 0.571. The highest BCUT2D eigenvalue weighted by Crippen LogP contribution is 2.27. The van der Waals surface area contributed by atoms with Crippen molar-refractivity contribution in [1.29, 1.82) is 0 Å². The van der Waals surface area contributed by atoms with Crippen LogP contribution < -0.4 is 4.90 Å². The van der Waals surface area contributed by atoms with Crippen molar-refractivity contribution in [2.24, 2.45) is 0 Å². The summed E-state index contributed by atoms with van der Waals surface area (Å²) >= 11 is 6.14. The molecule has 3 heteroatoms. The van der Waals surface area contributed by atoms with E-state index < -0.39 is 6.10 Å². The zero-order valence-electron chi connectivity index (χ0n) is 10.9. The Hall–Kier alpha value is -0.730. The van der Waals surface area contributed by atoms with E-state index in [1.54, 1.807) is 6.92 Å². The van der Waals surface area contributed by atoms with Gasteiger partial charge < -0.3 is 10.0 Å². The molecule has 0 saturated heterocycles. The van der Waals surface area contributed by atoms with Gasteiger partial charge in [0.05, 0.1) is 6.10 Å². The van der Waals surface area contributed by atoms with Crippen LogP contribution in [0.15, 0.2) is 18.2 Å². The molecular weight excluding hydrogens is 234 g/mol. The predicted octanol–water partition coefficient (Wildman–Crippen LogP) is 4.02. The SMILES string of the molecule is CCCCCN(C)c1ccc(C(C)O)c(Cl)c1. The molecule has 0 aromatic heterocycles. The van der Waals surface area contributed by atoms with Gasteiger partial charge in [-0.25, -0.2) is 0 Å². The Morgan fingerprint density at radius 1 is 1.35 bits per heavy atom. The average Bonchev–Trinajstić information content (AvgIpc) is 2.28. The summed E-state index contributed by atoms with van der Waals surface area (Å²) in [7, 11) is 2.07. The molecule has 0 amide bonds. The number of aliphatic hydroxyl groups is 1. The zero-order chi connectivity index (χ0) is 12.8. The van der Waals surface area contributed by atoms with E-state index in [0.29, 0.717) is 5.02 Å². The van der Waals surface area contributed by atoms with Gasteiger partial charge in [0.15, 0.2) is 0 Å². The van der Waals surface area contributed by atoms with Gasteiger partial charge in [-0.3, -0.25) is 0 Å². The highest BCUT2D eigenvalue weighted by molar-refractivity contribution is 6.31. The van der Waals surface area contributed by atoms with Gasteiger partial charge in [-0.2, -0.15) is 0 Å². The molecule has 96 valence electrons. The minimum absolute atomic E-state index is 0.512. The molecule has 0 aliphatic rings. The first kappa shape index (κ1) is 14.3. The highest BCUT2D eigenvalue weighted by Gasteiger charge is 2.08. The van der Waals surface area contributed by atoms with E-state index in [2.05, 4.69) is 18.9 Å². The van der Waals surface area contributed by atoms with Crippen LogP contribution in [0.5, 0.6) is 0 Å². The summed E-state index contributed by atoms with van der Waals surface area (Å²) in [4.78, 5) is 2.20. The van der Waals surface area contributed by atoms with E-state index in [-0.39, 0.29) is 0 Å². The van der Waals surface area contributed by atoms with Gasteiger partial charge in [-0.15, -0.1) is 0 Å². The van der Waals surface area contributed by atoms with Crippen molar-refractivity contribution in [3.05, 3.63) is 28.8 Å². The van der Waals surface area contributed by atoms with Crippen LogP contribution in [-0.2, 0) is 0 Å². The molecule has 1 aromatic carbocycles. The van der Waals surface area contributed by atoms with Crippen LogP contribution >= 0.6 is 11.6 Å². The highest BCUT2D eigenvalue weighted by atomic mass is 35.5. The van der Waals surface area contributed by atoms with Crippen molar-refractivity contribution < 1.29 is 5.11 Å². The number of unbranched alkanes of at least 4 members (excludes halogenated alkanes) is 2. The largest absolute Gasteiger partial charge is 0.389 e. The minimum atomic E-state index is -0.512. The second-order valence-corrected chi connectivity index (χ2v) is 4.92. The lowest BCUT2D eigenvalue weighted by molar-refractivity contribution is 0.199. The maximum atomic E-state index is 9.51. The first-order valence-corrected chi connectivity index (χ1v) is 6.62. The van der Waals surface area contributed by atoms with Gasteiger partial charge in [-0.1, -0.05) is 37.4 Å². The molecule has 1 unspecified atom stereocenters. The maximum absolute atomic E-state index is 9.51. The number of benzene rings is 1. The quantitative estimate of drug-likeness (QED) is 0.776. The summed E-state index contributed by atoms with van der Waals surface area (Å²) in [5.41, 5.74) is 1.90. The molecule has 1 aromatic rings. The first-order chi connectivity index (χ1) is 8.06. The maximum Gasteiger partial charge on any atom is 0.0776 e. The molecule has 1 atom stereocenters. The molecule has 0 spiro atoms. The van der Waals surface area contributed by atoms with Gasteiger partial charge in [0, 0.05) is 24.3 Å². The third kappa shape index (κ3) is 4.21. The van der Waals surface area contributed by atoms with Gasteiger partial charge in [0.25, 0.3) is 0 Å². The zero-order valence-corrected chi connectivity index (χ0v) is 11.7. The van der Waals surface area contributed by atoms with E-state index in [0.717, 1.165) is 17.8 Å². The molecule has 0 bridgehead atoms. The number of aliphatic hydroxyl groups excluding tert-OH is 1. The smallest absolute Gasteiger partial charge is 0.0776 e. The van der Waals surface area contributed by atoms with Crippen molar-refractivity contribution in [3.63, 3.8) is 0 Å². The summed E-state index contributed by atoms with van der Waals surface area (Å²) in [6.45, 7) is 4.97. The third-order valence-electron chi connectivity index (χ3n) is 2.97. The number of hydrogen-bond donors (Lipinski definition) is 1. The van der Waals surface area contributed by atoms with E-state index in [1.807, 2.05) is 18.2 Å². The van der Waals surface area contributed by atoms with Crippen molar-refractivity contribution in [1.82, 2.24) is 0 Å². The Bertz CT molecular complexity index is 352. The lowest BCUT2D eigenvalue weighted by Gasteiger charge is -2.20. The predicted molar refractivity (Wildman–Crippen MR) is 74.9 cm³/mol. The third-order valence-corrected chi connectivity index (χ3v) is 3.30. The number of nitrogens with zero attached hydrogens (tertiary/aromatic N) is 1. The summed E-state index contributed by atoms with van der Waals surface area (Å²) in [5.74, 6) is 0. The second-order valence-electron chi connectivity index (χ2n) is 4.51. The fourth-order valence-corrected chi connectivity index (χ4v) is 2.15. The van der Waals surface area contributed by atoms with Crippen molar-refractivity contribution in [2.75, 3.05) is 18.5 Å². The van der Waals surface area contributed by atoms with E-state index in [1.165, 1.54) is 19.3 Å². The summed E-state index contributed by atoms with van der Waals surface area (Å²) in [6.07, 6.45) is 3.17. The van der Waals surface area contributed by atoms with E-state index >= 15 is 0 Å². The van der Waals surface area contributed by atoms with Gasteiger partial charge >= 0.3 is 0 Å². The summed E-state index contributed by atoms with van der Waals surface area (Å²) in [6, 6.07) is 5.84. The monoisotopic (exact) mass is 255 g/mol. The minimum Gasteiger partial charge on any atom is -0.389 e. The van der Waals surface area contributed by atoms with Gasteiger partial charge in [-0.05, 0) is 31.0 Å². The standard InChI is InChI=1S/C14H22ClNO/c1-4-5-6-9-16(3)12-7-8-13(11(2)17)14(15)10-12/h7-8,10-11,17H,4-6,9H2,1-3H3. The van der Waals surface area contributed by atoms with Crippen LogP contribution in [0.25, 0.3) is 0 Å². The topological polar surface area (TPSA) is 23.5 Å². The molecule has 0 saturated carbocycles.